The Morgan fingerprint density at radius 1 is 1.04 bits per heavy atom. The van der Waals surface area contributed by atoms with Crippen LogP contribution < -0.4 is 16.0 Å². The van der Waals surface area contributed by atoms with Crippen LogP contribution in [0.15, 0.2) is 4.99 Å². The number of nitrogens with one attached hydrogen (secondary N) is 3. The van der Waals surface area contributed by atoms with Crippen molar-refractivity contribution in [2.24, 2.45) is 4.99 Å². The zero-order valence-electron chi connectivity index (χ0n) is 15.8. The number of hydrogen-bond acceptors (Lipinski definition) is 4. The van der Waals surface area contributed by atoms with Gasteiger partial charge in [0, 0.05) is 25.0 Å². The van der Waals surface area contributed by atoms with Gasteiger partial charge in [-0.15, -0.1) is 0 Å². The Kier molecular flexibility index (Phi) is 11.7. The molecule has 3 N–H and O–H groups in total. The van der Waals surface area contributed by atoms with Crippen molar-refractivity contribution in [3.63, 3.8) is 0 Å². The molecule has 24 heavy (non-hydrogen) atoms. The minimum absolute atomic E-state index is 0.0949. The Bertz CT molecular complexity index is 403. The van der Waals surface area contributed by atoms with E-state index >= 15 is 0 Å². The highest BCUT2D eigenvalue weighted by Crippen LogP contribution is 2.03. The molecule has 0 aromatic carbocycles. The van der Waals surface area contributed by atoms with Crippen LogP contribution in [0.25, 0.3) is 0 Å². The van der Waals surface area contributed by atoms with E-state index in [-0.39, 0.29) is 24.0 Å². The van der Waals surface area contributed by atoms with Crippen molar-refractivity contribution < 1.29 is 14.3 Å². The monoisotopic (exact) mass is 342 g/mol. The van der Waals surface area contributed by atoms with E-state index < -0.39 is 0 Å². The summed E-state index contributed by atoms with van der Waals surface area (Å²) in [7, 11) is 1.41. The standard InChI is InChI=1S/C17H34N4O3/c1-6-18-16(20-13-14(22)21-17(2,3)4)19-12-10-8-7-9-11-15(23)24-5/h6-13H2,1-5H3,(H,21,22)(H2,18,19,20). The topological polar surface area (TPSA) is 91.8 Å². The van der Waals surface area contributed by atoms with Crippen LogP contribution in [-0.4, -0.2) is 50.1 Å². The second-order valence-electron chi connectivity index (χ2n) is 6.66. The van der Waals surface area contributed by atoms with Crippen molar-refractivity contribution in [2.45, 2.75) is 65.3 Å². The molecule has 1 amide bonds. The number of nitrogens with zero attached hydrogens (tertiary/aromatic N) is 1. The molecular weight excluding hydrogens is 308 g/mol. The Hall–Kier alpha value is -1.79. The molecule has 0 unspecified atom stereocenters. The molecule has 0 saturated carbocycles. The van der Waals surface area contributed by atoms with Gasteiger partial charge in [-0.05, 0) is 40.5 Å². The van der Waals surface area contributed by atoms with Gasteiger partial charge in [0.2, 0.25) is 5.91 Å². The number of guanidine groups is 1. The number of amides is 1. The quantitative estimate of drug-likeness (QED) is 0.243. The summed E-state index contributed by atoms with van der Waals surface area (Å²) in [6.07, 6.45) is 4.36. The largest absolute Gasteiger partial charge is 0.469 e. The van der Waals surface area contributed by atoms with E-state index in [1.165, 1.54) is 7.11 Å². The first-order chi connectivity index (χ1) is 11.3. The molecular formula is C17H34N4O3. The van der Waals surface area contributed by atoms with Gasteiger partial charge in [-0.3, -0.25) is 9.59 Å². The molecule has 0 aliphatic heterocycles. The lowest BCUT2D eigenvalue weighted by atomic mass is 10.1. The lowest BCUT2D eigenvalue weighted by Gasteiger charge is -2.20. The van der Waals surface area contributed by atoms with Crippen LogP contribution in [0.1, 0.15) is 59.8 Å². The molecule has 0 spiro atoms. The second-order valence-corrected chi connectivity index (χ2v) is 6.66. The lowest BCUT2D eigenvalue weighted by molar-refractivity contribution is -0.140. The van der Waals surface area contributed by atoms with Gasteiger partial charge in [0.1, 0.15) is 6.54 Å². The number of rotatable bonds is 10. The average Bonchev–Trinajstić information content (AvgIpc) is 2.49. The lowest BCUT2D eigenvalue weighted by Crippen LogP contribution is -2.43. The van der Waals surface area contributed by atoms with Gasteiger partial charge in [0.15, 0.2) is 5.96 Å². The predicted octanol–water partition coefficient (Wildman–Crippen LogP) is 1.58. The summed E-state index contributed by atoms with van der Waals surface area (Å²) in [5.74, 6) is 0.404. The van der Waals surface area contributed by atoms with Crippen molar-refractivity contribution in [1.29, 1.82) is 0 Å². The van der Waals surface area contributed by atoms with Gasteiger partial charge in [-0.1, -0.05) is 12.8 Å². The molecule has 0 heterocycles. The van der Waals surface area contributed by atoms with E-state index in [2.05, 4.69) is 25.7 Å². The van der Waals surface area contributed by atoms with Gasteiger partial charge in [0.05, 0.1) is 7.11 Å². The molecule has 0 rings (SSSR count). The second kappa shape index (κ2) is 12.6. The first-order valence-corrected chi connectivity index (χ1v) is 8.68. The molecule has 140 valence electrons. The molecule has 0 fully saturated rings. The van der Waals surface area contributed by atoms with Gasteiger partial charge < -0.3 is 20.7 Å². The van der Waals surface area contributed by atoms with Crippen LogP contribution in [-0.2, 0) is 14.3 Å². The molecule has 0 aromatic rings. The van der Waals surface area contributed by atoms with Crippen LogP contribution in [0.2, 0.25) is 0 Å². The van der Waals surface area contributed by atoms with E-state index in [4.69, 9.17) is 0 Å². The fourth-order valence-electron chi connectivity index (χ4n) is 2.01. The number of unbranched alkanes of at least 4 members (excludes halogenated alkanes) is 3. The summed E-state index contributed by atoms with van der Waals surface area (Å²) >= 11 is 0. The van der Waals surface area contributed by atoms with Gasteiger partial charge in [0.25, 0.3) is 0 Å². The number of hydrogen-bond donors (Lipinski definition) is 3. The predicted molar refractivity (Wildman–Crippen MR) is 97.0 cm³/mol. The zero-order valence-corrected chi connectivity index (χ0v) is 15.8. The number of ether oxygens (including phenoxy) is 1. The summed E-state index contributed by atoms with van der Waals surface area (Å²) < 4.78 is 4.60. The molecule has 0 aliphatic rings. The minimum Gasteiger partial charge on any atom is -0.469 e. The number of esters is 1. The molecule has 0 atom stereocenters. The van der Waals surface area contributed by atoms with E-state index in [1.54, 1.807) is 0 Å². The van der Waals surface area contributed by atoms with Crippen LogP contribution in [0.3, 0.4) is 0 Å². The van der Waals surface area contributed by atoms with Gasteiger partial charge in [-0.2, -0.15) is 0 Å². The molecule has 0 radical (unpaired) electrons. The van der Waals surface area contributed by atoms with E-state index in [0.29, 0.717) is 12.4 Å². The van der Waals surface area contributed by atoms with Crippen molar-refractivity contribution in [1.82, 2.24) is 16.0 Å². The third-order valence-electron chi connectivity index (χ3n) is 3.07. The Morgan fingerprint density at radius 2 is 1.71 bits per heavy atom. The normalized spacial score (nSPS) is 11.8. The van der Waals surface area contributed by atoms with Crippen LogP contribution >= 0.6 is 0 Å². The maximum Gasteiger partial charge on any atom is 0.305 e. The number of methoxy groups -OCH3 is 1. The number of carbonyl (C=O) groups excluding carboxylic acids is 2. The third-order valence-corrected chi connectivity index (χ3v) is 3.07. The fourth-order valence-corrected chi connectivity index (χ4v) is 2.01. The maximum atomic E-state index is 11.8. The summed E-state index contributed by atoms with van der Waals surface area (Å²) in [5.41, 5.74) is -0.247. The fraction of sp³-hybridized carbons (Fsp3) is 0.824. The van der Waals surface area contributed by atoms with Crippen LogP contribution in [0, 0.1) is 0 Å². The van der Waals surface area contributed by atoms with Gasteiger partial charge in [-0.25, -0.2) is 4.99 Å². The molecule has 0 aromatic heterocycles. The minimum atomic E-state index is -0.247. The molecule has 7 heteroatoms. The summed E-state index contributed by atoms with van der Waals surface area (Å²) in [6.45, 7) is 9.44. The number of aliphatic imine (C=N–C) groups is 1. The molecule has 0 saturated heterocycles. The van der Waals surface area contributed by atoms with E-state index in [9.17, 15) is 9.59 Å². The molecule has 0 bridgehead atoms. The van der Waals surface area contributed by atoms with E-state index in [0.717, 1.165) is 38.8 Å². The summed E-state index contributed by atoms with van der Waals surface area (Å²) in [5, 5.41) is 9.22. The van der Waals surface area contributed by atoms with E-state index in [1.807, 2.05) is 27.7 Å². The van der Waals surface area contributed by atoms with Crippen molar-refractivity contribution in [3.05, 3.63) is 0 Å². The number of carbonyl (C=O) groups is 2. The highest BCUT2D eigenvalue weighted by Gasteiger charge is 2.13. The third kappa shape index (κ3) is 13.8. The smallest absolute Gasteiger partial charge is 0.305 e. The Balaban J connectivity index is 3.97. The highest BCUT2D eigenvalue weighted by molar-refractivity contribution is 5.85. The van der Waals surface area contributed by atoms with Gasteiger partial charge >= 0.3 is 5.97 Å². The first kappa shape index (κ1) is 22.2. The maximum absolute atomic E-state index is 11.8. The summed E-state index contributed by atoms with van der Waals surface area (Å²) in [4.78, 5) is 27.1. The Morgan fingerprint density at radius 3 is 2.29 bits per heavy atom. The van der Waals surface area contributed by atoms with Crippen LogP contribution in [0.4, 0.5) is 0 Å². The molecule has 7 nitrogen and oxygen atoms in total. The molecule has 0 aliphatic carbocycles. The zero-order chi connectivity index (χ0) is 18.4. The van der Waals surface area contributed by atoms with Crippen molar-refractivity contribution >= 4 is 17.8 Å². The van der Waals surface area contributed by atoms with Crippen LogP contribution in [0.5, 0.6) is 0 Å². The highest BCUT2D eigenvalue weighted by atomic mass is 16.5. The first-order valence-electron chi connectivity index (χ1n) is 8.68. The SMILES string of the molecule is CCNC(=NCC(=O)NC(C)(C)C)NCCCCCCC(=O)OC. The Labute approximate surface area is 146 Å². The average molecular weight is 342 g/mol. The van der Waals surface area contributed by atoms with Crippen molar-refractivity contribution in [3.8, 4) is 0 Å². The van der Waals surface area contributed by atoms with Crippen molar-refractivity contribution in [2.75, 3.05) is 26.7 Å². The summed E-state index contributed by atoms with van der Waals surface area (Å²) in [6, 6.07) is 0.